The van der Waals surface area contributed by atoms with Crippen LogP contribution < -0.4 is 5.32 Å². The number of alkyl carbamates (subject to hydrolysis) is 1. The molecule has 0 bridgehead atoms. The molecule has 2 rings (SSSR count). The summed E-state index contributed by atoms with van der Waals surface area (Å²) in [5, 5.41) is 3.82. The number of sulfone groups is 1. The fourth-order valence-electron chi connectivity index (χ4n) is 1.92. The molecule has 0 aromatic heterocycles. The van der Waals surface area contributed by atoms with Crippen molar-refractivity contribution >= 4 is 15.9 Å². The predicted molar refractivity (Wildman–Crippen MR) is 77.0 cm³/mol. The van der Waals surface area contributed by atoms with Gasteiger partial charge < -0.3 is 10.1 Å². The average molecular weight is 301 g/mol. The summed E-state index contributed by atoms with van der Waals surface area (Å²) in [5.74, 6) is 0.327. The Morgan fingerprint density at radius 2 is 1.85 bits per heavy atom. The maximum Gasteiger partial charge on any atom is 0.408 e. The molecular weight excluding hydrogens is 278 g/mol. The number of hydrogen-bond donors (Lipinski definition) is 1. The number of hydrogen-bond acceptors (Lipinski definition) is 4. The van der Waals surface area contributed by atoms with Crippen LogP contribution in [0, 0.1) is 5.92 Å². The van der Waals surface area contributed by atoms with Crippen molar-refractivity contribution in [3.05, 3.63) is 11.5 Å². The van der Waals surface area contributed by atoms with Crippen LogP contribution in [0.25, 0.3) is 0 Å². The van der Waals surface area contributed by atoms with Gasteiger partial charge in [-0.15, -0.1) is 0 Å². The van der Waals surface area contributed by atoms with E-state index >= 15 is 0 Å². The van der Waals surface area contributed by atoms with Gasteiger partial charge in [-0.3, -0.25) is 0 Å². The van der Waals surface area contributed by atoms with E-state index < -0.39 is 21.5 Å². The van der Waals surface area contributed by atoms with Crippen LogP contribution in [0.1, 0.15) is 46.5 Å². The smallest absolute Gasteiger partial charge is 0.408 e. The van der Waals surface area contributed by atoms with Gasteiger partial charge in [-0.1, -0.05) is 6.08 Å². The summed E-state index contributed by atoms with van der Waals surface area (Å²) in [6, 6.07) is -0.252. The molecule has 6 heteroatoms. The molecule has 0 aromatic carbocycles. The lowest BCUT2D eigenvalue weighted by molar-refractivity contribution is 0.0509. The lowest BCUT2D eigenvalue weighted by Crippen LogP contribution is -2.39. The Hall–Kier alpha value is -1.04. The number of rotatable bonds is 5. The Kier molecular flexibility index (Phi) is 4.14. The third kappa shape index (κ3) is 4.81. The number of nitrogens with one attached hydrogen (secondary N) is 1. The largest absolute Gasteiger partial charge is 0.444 e. The molecule has 0 saturated heterocycles. The van der Waals surface area contributed by atoms with Crippen LogP contribution in [-0.4, -0.2) is 31.4 Å². The zero-order valence-corrected chi connectivity index (χ0v) is 13.1. The van der Waals surface area contributed by atoms with Crippen molar-refractivity contribution in [2.24, 2.45) is 5.92 Å². The van der Waals surface area contributed by atoms with E-state index in [9.17, 15) is 13.2 Å². The third-order valence-electron chi connectivity index (χ3n) is 3.28. The molecular formula is C14H23NO4S. The van der Waals surface area contributed by atoms with Gasteiger partial charge in [0.2, 0.25) is 0 Å². The van der Waals surface area contributed by atoms with E-state index in [-0.39, 0.29) is 11.3 Å². The van der Waals surface area contributed by atoms with Crippen LogP contribution in [0.5, 0.6) is 0 Å². The second kappa shape index (κ2) is 5.39. The summed E-state index contributed by atoms with van der Waals surface area (Å²) in [4.78, 5) is 11.8. The van der Waals surface area contributed by atoms with Crippen molar-refractivity contribution in [1.29, 1.82) is 0 Å². The quantitative estimate of drug-likeness (QED) is 0.846. The van der Waals surface area contributed by atoms with E-state index in [2.05, 4.69) is 5.32 Å². The fraction of sp³-hybridized carbons (Fsp3) is 0.786. The Morgan fingerprint density at radius 3 is 2.30 bits per heavy atom. The van der Waals surface area contributed by atoms with Gasteiger partial charge in [0.25, 0.3) is 0 Å². The first-order valence-electron chi connectivity index (χ1n) is 7.09. The lowest BCUT2D eigenvalue weighted by Gasteiger charge is -2.22. The van der Waals surface area contributed by atoms with E-state index in [0.29, 0.717) is 5.92 Å². The molecule has 0 radical (unpaired) electrons. The van der Waals surface area contributed by atoms with Gasteiger partial charge >= 0.3 is 6.09 Å². The summed E-state index contributed by atoms with van der Waals surface area (Å²) >= 11 is 0. The minimum Gasteiger partial charge on any atom is -0.444 e. The fourth-order valence-corrected chi connectivity index (χ4v) is 3.33. The molecule has 2 aliphatic rings. The zero-order chi connectivity index (χ0) is 15.0. The lowest BCUT2D eigenvalue weighted by atomic mass is 10.2. The third-order valence-corrected chi connectivity index (χ3v) is 5.21. The molecule has 5 nitrogen and oxygen atoms in total. The first kappa shape index (κ1) is 15.4. The molecule has 0 aliphatic heterocycles. The highest BCUT2D eigenvalue weighted by molar-refractivity contribution is 7.95. The van der Waals surface area contributed by atoms with Crippen LogP contribution in [-0.2, 0) is 14.6 Å². The minimum absolute atomic E-state index is 0.208. The first-order valence-corrected chi connectivity index (χ1v) is 8.70. The standard InChI is InChI=1S/C14H23NO4S/c1-14(2,3)19-13(16)15-12(10-4-5-10)8-9-20(17,18)11-6-7-11/h8-12H,4-7H2,1-3H3,(H,15,16)/b9-8+/t12-/m1/s1. The Balaban J connectivity index is 1.94. The topological polar surface area (TPSA) is 72.5 Å². The van der Waals surface area contributed by atoms with E-state index in [0.717, 1.165) is 25.7 Å². The van der Waals surface area contributed by atoms with Crippen molar-refractivity contribution in [3.63, 3.8) is 0 Å². The molecule has 0 spiro atoms. The summed E-state index contributed by atoms with van der Waals surface area (Å²) in [6.07, 6.45) is 4.63. The highest BCUT2D eigenvalue weighted by Crippen LogP contribution is 2.34. The molecule has 1 atom stereocenters. The van der Waals surface area contributed by atoms with Gasteiger partial charge in [-0.2, -0.15) is 0 Å². The van der Waals surface area contributed by atoms with Gasteiger partial charge in [0.15, 0.2) is 9.84 Å². The molecule has 114 valence electrons. The molecule has 0 unspecified atom stereocenters. The van der Waals surface area contributed by atoms with Gasteiger partial charge in [-0.25, -0.2) is 13.2 Å². The predicted octanol–water partition coefficient (Wildman–Crippen LogP) is 2.38. The van der Waals surface area contributed by atoms with E-state index in [4.69, 9.17) is 4.74 Å². The van der Waals surface area contributed by atoms with E-state index in [1.807, 2.05) is 0 Å². The maximum absolute atomic E-state index is 11.8. The van der Waals surface area contributed by atoms with Gasteiger partial charge in [-0.05, 0) is 52.4 Å². The van der Waals surface area contributed by atoms with Gasteiger partial charge in [0.1, 0.15) is 5.60 Å². The number of ether oxygens (including phenoxy) is 1. The van der Waals surface area contributed by atoms with Gasteiger partial charge in [0.05, 0.1) is 11.3 Å². The molecule has 0 heterocycles. The molecule has 0 aromatic rings. The highest BCUT2D eigenvalue weighted by atomic mass is 32.2. The summed E-state index contributed by atoms with van der Waals surface area (Å²) < 4.78 is 28.9. The molecule has 2 saturated carbocycles. The summed E-state index contributed by atoms with van der Waals surface area (Å²) in [5.41, 5.74) is -0.554. The number of carbonyl (C=O) groups is 1. The van der Waals surface area contributed by atoms with Crippen LogP contribution in [0.4, 0.5) is 4.79 Å². The Labute approximate surface area is 120 Å². The first-order chi connectivity index (χ1) is 9.17. The van der Waals surface area contributed by atoms with E-state index in [1.165, 1.54) is 5.41 Å². The SMILES string of the molecule is CC(C)(C)OC(=O)N[C@H](/C=C/S(=O)(=O)C1CC1)C1CC1. The number of amides is 1. The van der Waals surface area contributed by atoms with Crippen molar-refractivity contribution in [2.75, 3.05) is 0 Å². The summed E-state index contributed by atoms with van der Waals surface area (Å²) in [6.45, 7) is 5.39. The molecule has 2 aliphatic carbocycles. The molecule has 20 heavy (non-hydrogen) atoms. The summed E-state index contributed by atoms with van der Waals surface area (Å²) in [7, 11) is -3.13. The highest BCUT2D eigenvalue weighted by Gasteiger charge is 2.35. The van der Waals surface area contributed by atoms with Gasteiger partial charge in [0, 0.05) is 5.41 Å². The Morgan fingerprint density at radius 1 is 1.25 bits per heavy atom. The second-order valence-corrected chi connectivity index (χ2v) is 8.74. The van der Waals surface area contributed by atoms with Crippen LogP contribution >= 0.6 is 0 Å². The molecule has 1 N–H and O–H groups in total. The van der Waals surface area contributed by atoms with Crippen molar-refractivity contribution in [2.45, 2.75) is 63.3 Å². The van der Waals surface area contributed by atoms with Crippen LogP contribution in [0.2, 0.25) is 0 Å². The zero-order valence-electron chi connectivity index (χ0n) is 12.3. The van der Waals surface area contributed by atoms with Crippen molar-refractivity contribution in [3.8, 4) is 0 Å². The second-order valence-electron chi connectivity index (χ2n) is 6.63. The monoisotopic (exact) mass is 301 g/mol. The number of carbonyl (C=O) groups excluding carboxylic acids is 1. The van der Waals surface area contributed by atoms with Crippen molar-refractivity contribution < 1.29 is 17.9 Å². The minimum atomic E-state index is -3.13. The average Bonchev–Trinajstić information content (AvgIpc) is 3.15. The normalized spacial score (nSPS) is 21.8. The Bertz CT molecular complexity index is 496. The van der Waals surface area contributed by atoms with Crippen LogP contribution in [0.15, 0.2) is 11.5 Å². The van der Waals surface area contributed by atoms with E-state index in [1.54, 1.807) is 26.8 Å². The molecule has 2 fully saturated rings. The van der Waals surface area contributed by atoms with Crippen molar-refractivity contribution in [1.82, 2.24) is 5.32 Å². The van der Waals surface area contributed by atoms with Crippen LogP contribution in [0.3, 0.4) is 0 Å². The molecule has 1 amide bonds. The maximum atomic E-state index is 11.8.